The highest BCUT2D eigenvalue weighted by Gasteiger charge is 2.47. The molecule has 0 aromatic rings. The van der Waals surface area contributed by atoms with E-state index in [1.54, 1.807) is 0 Å². The van der Waals surface area contributed by atoms with Crippen LogP contribution in [0.15, 0.2) is 0 Å². The minimum Gasteiger partial charge on any atom is -0.375 e. The molecule has 2 fully saturated rings. The van der Waals surface area contributed by atoms with Crippen LogP contribution in [0.25, 0.3) is 0 Å². The molecule has 0 bridgehead atoms. The van der Waals surface area contributed by atoms with Gasteiger partial charge in [0.05, 0.1) is 25.4 Å². The Morgan fingerprint density at radius 2 is 1.29 bits per heavy atom. The van der Waals surface area contributed by atoms with Crippen LogP contribution < -0.4 is 0 Å². The summed E-state index contributed by atoms with van der Waals surface area (Å²) in [4.78, 5) is 0. The number of hydrogen-bond acceptors (Lipinski definition) is 3. The SMILES string of the molecule is CC(C)CC1(C)CCC2(CO1)COC(C)(CC(C)C)OC2. The van der Waals surface area contributed by atoms with Crippen molar-refractivity contribution in [3.8, 4) is 0 Å². The lowest BCUT2D eigenvalue weighted by atomic mass is 9.76. The van der Waals surface area contributed by atoms with Crippen molar-refractivity contribution in [3.63, 3.8) is 0 Å². The molecular formula is C18H34O3. The van der Waals surface area contributed by atoms with Gasteiger partial charge >= 0.3 is 0 Å². The van der Waals surface area contributed by atoms with E-state index in [0.717, 1.165) is 45.5 Å². The molecule has 0 aromatic carbocycles. The number of hydrogen-bond donors (Lipinski definition) is 0. The molecule has 2 heterocycles. The fourth-order valence-corrected chi connectivity index (χ4v) is 3.81. The van der Waals surface area contributed by atoms with Crippen molar-refractivity contribution in [2.45, 2.75) is 78.6 Å². The maximum atomic E-state index is 6.26. The predicted octanol–water partition coefficient (Wildman–Crippen LogP) is 4.40. The third-order valence-corrected chi connectivity index (χ3v) is 4.90. The van der Waals surface area contributed by atoms with E-state index in [-0.39, 0.29) is 11.0 Å². The molecule has 0 aliphatic carbocycles. The van der Waals surface area contributed by atoms with Crippen molar-refractivity contribution in [3.05, 3.63) is 0 Å². The molecule has 0 radical (unpaired) electrons. The second-order valence-corrected chi connectivity index (χ2v) is 8.65. The zero-order valence-corrected chi connectivity index (χ0v) is 14.8. The maximum absolute atomic E-state index is 6.26. The van der Waals surface area contributed by atoms with Gasteiger partial charge < -0.3 is 14.2 Å². The van der Waals surface area contributed by atoms with E-state index in [1.807, 2.05) is 0 Å². The van der Waals surface area contributed by atoms with Crippen LogP contribution in [0.3, 0.4) is 0 Å². The molecular weight excluding hydrogens is 264 g/mol. The van der Waals surface area contributed by atoms with Crippen LogP contribution in [0.2, 0.25) is 0 Å². The Kier molecular flexibility index (Phi) is 5.07. The number of rotatable bonds is 4. The van der Waals surface area contributed by atoms with Crippen LogP contribution in [0.1, 0.15) is 67.2 Å². The zero-order chi connectivity index (χ0) is 15.7. The van der Waals surface area contributed by atoms with Gasteiger partial charge in [-0.25, -0.2) is 0 Å². The van der Waals surface area contributed by atoms with Gasteiger partial charge in [-0.3, -0.25) is 0 Å². The second kappa shape index (κ2) is 6.17. The normalized spacial score (nSPS) is 41.1. The molecule has 1 atom stereocenters. The first-order valence-corrected chi connectivity index (χ1v) is 8.58. The zero-order valence-electron chi connectivity index (χ0n) is 14.8. The first-order valence-electron chi connectivity index (χ1n) is 8.58. The highest BCUT2D eigenvalue weighted by Crippen LogP contribution is 2.43. The molecule has 2 aliphatic heterocycles. The molecule has 2 aliphatic rings. The third-order valence-electron chi connectivity index (χ3n) is 4.90. The molecule has 1 spiro atoms. The molecule has 0 aromatic heterocycles. The summed E-state index contributed by atoms with van der Waals surface area (Å²) in [6, 6.07) is 0. The highest BCUT2D eigenvalue weighted by molar-refractivity contribution is 4.93. The summed E-state index contributed by atoms with van der Waals surface area (Å²) in [7, 11) is 0. The van der Waals surface area contributed by atoms with E-state index in [1.165, 1.54) is 0 Å². The fraction of sp³-hybridized carbons (Fsp3) is 1.00. The highest BCUT2D eigenvalue weighted by atomic mass is 16.7. The summed E-state index contributed by atoms with van der Waals surface area (Å²) >= 11 is 0. The molecule has 1 unspecified atom stereocenters. The average Bonchev–Trinajstić information content (AvgIpc) is 2.35. The summed E-state index contributed by atoms with van der Waals surface area (Å²) in [6.45, 7) is 15.6. The van der Waals surface area contributed by atoms with Crippen molar-refractivity contribution >= 4 is 0 Å². The van der Waals surface area contributed by atoms with E-state index in [4.69, 9.17) is 14.2 Å². The first-order chi connectivity index (χ1) is 9.66. The summed E-state index contributed by atoms with van der Waals surface area (Å²) in [5, 5.41) is 0. The van der Waals surface area contributed by atoms with Gasteiger partial charge in [0.15, 0.2) is 5.79 Å². The lowest BCUT2D eigenvalue weighted by Gasteiger charge is -2.50. The van der Waals surface area contributed by atoms with Crippen LogP contribution in [-0.4, -0.2) is 31.2 Å². The summed E-state index contributed by atoms with van der Waals surface area (Å²) < 4.78 is 18.5. The minimum atomic E-state index is -0.405. The molecule has 2 saturated heterocycles. The van der Waals surface area contributed by atoms with E-state index in [0.29, 0.717) is 11.8 Å². The molecule has 3 nitrogen and oxygen atoms in total. The Bertz CT molecular complexity index is 295. The van der Waals surface area contributed by atoms with Crippen molar-refractivity contribution in [1.29, 1.82) is 0 Å². The maximum Gasteiger partial charge on any atom is 0.165 e. The molecule has 124 valence electrons. The predicted molar refractivity (Wildman–Crippen MR) is 85.2 cm³/mol. The Morgan fingerprint density at radius 3 is 1.71 bits per heavy atom. The summed E-state index contributed by atoms with van der Waals surface area (Å²) in [6.07, 6.45) is 4.34. The largest absolute Gasteiger partial charge is 0.375 e. The average molecular weight is 298 g/mol. The Balaban J connectivity index is 1.88. The topological polar surface area (TPSA) is 27.7 Å². The van der Waals surface area contributed by atoms with Crippen molar-refractivity contribution < 1.29 is 14.2 Å². The van der Waals surface area contributed by atoms with Gasteiger partial charge in [0.1, 0.15) is 0 Å². The second-order valence-electron chi connectivity index (χ2n) is 8.65. The molecule has 0 saturated carbocycles. The minimum absolute atomic E-state index is 0.0398. The van der Waals surface area contributed by atoms with Gasteiger partial charge in [-0.1, -0.05) is 27.7 Å². The van der Waals surface area contributed by atoms with Gasteiger partial charge in [0.25, 0.3) is 0 Å². The Hall–Kier alpha value is -0.120. The molecule has 0 N–H and O–H groups in total. The van der Waals surface area contributed by atoms with Crippen LogP contribution in [0.4, 0.5) is 0 Å². The summed E-state index contributed by atoms with van der Waals surface area (Å²) in [5.41, 5.74) is 0.116. The van der Waals surface area contributed by atoms with Crippen LogP contribution in [0.5, 0.6) is 0 Å². The van der Waals surface area contributed by atoms with E-state index < -0.39 is 5.79 Å². The smallest absolute Gasteiger partial charge is 0.165 e. The Labute approximate surface area is 130 Å². The van der Waals surface area contributed by atoms with E-state index in [2.05, 4.69) is 41.5 Å². The number of ether oxygens (including phenoxy) is 3. The van der Waals surface area contributed by atoms with Gasteiger partial charge in [-0.05, 0) is 44.9 Å². The first kappa shape index (κ1) is 17.2. The van der Waals surface area contributed by atoms with Gasteiger partial charge in [0.2, 0.25) is 0 Å². The quantitative estimate of drug-likeness (QED) is 0.770. The molecule has 3 heteroatoms. The fourth-order valence-electron chi connectivity index (χ4n) is 3.81. The summed E-state index contributed by atoms with van der Waals surface area (Å²) in [5.74, 6) is 0.858. The molecule has 2 rings (SSSR count). The third kappa shape index (κ3) is 4.43. The van der Waals surface area contributed by atoms with Crippen molar-refractivity contribution in [2.24, 2.45) is 17.3 Å². The van der Waals surface area contributed by atoms with E-state index >= 15 is 0 Å². The van der Waals surface area contributed by atoms with E-state index in [9.17, 15) is 0 Å². The molecule has 21 heavy (non-hydrogen) atoms. The van der Waals surface area contributed by atoms with Gasteiger partial charge in [0, 0.05) is 11.8 Å². The van der Waals surface area contributed by atoms with Crippen LogP contribution >= 0.6 is 0 Å². The van der Waals surface area contributed by atoms with Crippen molar-refractivity contribution in [2.75, 3.05) is 19.8 Å². The molecule has 0 amide bonds. The standard InChI is InChI=1S/C18H34O3/c1-14(2)9-16(5)7-8-18(11-19-16)12-20-17(6,21-13-18)10-15(3)4/h14-15H,7-13H2,1-6H3. The van der Waals surface area contributed by atoms with Crippen molar-refractivity contribution in [1.82, 2.24) is 0 Å². The van der Waals surface area contributed by atoms with Gasteiger partial charge in [-0.15, -0.1) is 0 Å². The monoisotopic (exact) mass is 298 g/mol. The van der Waals surface area contributed by atoms with Crippen LogP contribution in [-0.2, 0) is 14.2 Å². The lowest BCUT2D eigenvalue weighted by molar-refractivity contribution is -0.319. The lowest BCUT2D eigenvalue weighted by Crippen LogP contribution is -2.54. The van der Waals surface area contributed by atoms with Gasteiger partial charge in [-0.2, -0.15) is 0 Å². The Morgan fingerprint density at radius 1 is 0.762 bits per heavy atom. The van der Waals surface area contributed by atoms with Crippen LogP contribution in [0, 0.1) is 17.3 Å².